The van der Waals surface area contributed by atoms with Crippen LogP contribution in [0.1, 0.15) is 0 Å². The number of nitrogens with zero attached hydrogens (tertiary/aromatic N) is 2. The van der Waals surface area contributed by atoms with Gasteiger partial charge in [0.25, 0.3) is 0 Å². The summed E-state index contributed by atoms with van der Waals surface area (Å²) in [6.07, 6.45) is 3.47. The first-order valence-corrected chi connectivity index (χ1v) is 3.27. The van der Waals surface area contributed by atoms with Crippen LogP contribution in [-0.2, 0) is 0 Å². The first kappa shape index (κ1) is 5.53. The molecule has 0 atom stereocenters. The van der Waals surface area contributed by atoms with Gasteiger partial charge in [-0.2, -0.15) is 0 Å². The van der Waals surface area contributed by atoms with E-state index >= 15 is 0 Å². The van der Waals surface area contributed by atoms with Crippen LogP contribution in [0.15, 0.2) is 27.8 Å². The highest BCUT2D eigenvalue weighted by Gasteiger charge is 2.08. The van der Waals surface area contributed by atoms with E-state index in [0.717, 1.165) is 19.0 Å². The van der Waals surface area contributed by atoms with Gasteiger partial charge in [0.2, 0.25) is 0 Å². The van der Waals surface area contributed by atoms with Crippen molar-refractivity contribution in [3.05, 3.63) is 18.4 Å². The molecule has 2 rings (SSSR count). The fourth-order valence-corrected chi connectivity index (χ4v) is 0.980. The second kappa shape index (κ2) is 2.17. The molecule has 1 aliphatic heterocycles. The predicted octanol–water partition coefficient (Wildman–Crippen LogP) is 1.13. The third-order valence-corrected chi connectivity index (χ3v) is 1.48. The number of hydrogen-bond donors (Lipinski definition) is 0. The van der Waals surface area contributed by atoms with Crippen molar-refractivity contribution >= 4 is 12.2 Å². The summed E-state index contributed by atoms with van der Waals surface area (Å²) >= 11 is 0. The Hall–Kier alpha value is -1.25. The fourth-order valence-electron chi connectivity index (χ4n) is 0.980. The van der Waals surface area contributed by atoms with Gasteiger partial charge in [-0.15, -0.1) is 0 Å². The molecule has 0 N–H and O–H groups in total. The lowest BCUT2D eigenvalue weighted by Crippen LogP contribution is -2.16. The average molecular weight is 136 g/mol. The van der Waals surface area contributed by atoms with E-state index in [9.17, 15) is 0 Å². The molecule has 0 spiro atoms. The van der Waals surface area contributed by atoms with E-state index in [1.54, 1.807) is 12.6 Å². The van der Waals surface area contributed by atoms with Crippen LogP contribution in [0.25, 0.3) is 0 Å². The summed E-state index contributed by atoms with van der Waals surface area (Å²) in [6.45, 7) is 1.81. The van der Waals surface area contributed by atoms with Gasteiger partial charge in [-0.1, -0.05) is 0 Å². The van der Waals surface area contributed by atoms with Gasteiger partial charge in [0.1, 0.15) is 0 Å². The Bertz CT molecular complexity index is 228. The highest BCUT2D eigenvalue weighted by Crippen LogP contribution is 2.13. The lowest BCUT2D eigenvalue weighted by Gasteiger charge is -2.07. The molecule has 10 heavy (non-hydrogen) atoms. The molecular formula is C7H8N2O. The summed E-state index contributed by atoms with van der Waals surface area (Å²) in [7, 11) is 0. The quantitative estimate of drug-likeness (QED) is 0.579. The average Bonchev–Trinajstić information content (AvgIpc) is 2.59. The molecule has 0 saturated carbocycles. The standard InChI is InChI=1S/C7H8N2O/c1-2-7(10-5-1)9-4-3-8-6-9/h1-2,5-6H,3-4H2. The zero-order valence-corrected chi connectivity index (χ0v) is 5.53. The Morgan fingerprint density at radius 3 is 3.20 bits per heavy atom. The maximum atomic E-state index is 5.15. The minimum atomic E-state index is 0.876. The van der Waals surface area contributed by atoms with Crippen LogP contribution in [0.3, 0.4) is 0 Å². The van der Waals surface area contributed by atoms with Crippen molar-refractivity contribution in [2.45, 2.75) is 0 Å². The van der Waals surface area contributed by atoms with E-state index in [4.69, 9.17) is 4.42 Å². The minimum absolute atomic E-state index is 0.876. The normalized spacial score (nSPS) is 16.6. The van der Waals surface area contributed by atoms with Crippen LogP contribution >= 0.6 is 0 Å². The lowest BCUT2D eigenvalue weighted by atomic mass is 10.5. The van der Waals surface area contributed by atoms with Crippen molar-refractivity contribution in [2.24, 2.45) is 4.99 Å². The molecule has 0 radical (unpaired) electrons. The van der Waals surface area contributed by atoms with Crippen LogP contribution < -0.4 is 4.90 Å². The van der Waals surface area contributed by atoms with E-state index in [2.05, 4.69) is 4.99 Å². The van der Waals surface area contributed by atoms with Gasteiger partial charge in [-0.3, -0.25) is 4.99 Å². The Labute approximate surface area is 59.0 Å². The molecule has 0 unspecified atom stereocenters. The monoisotopic (exact) mass is 136 g/mol. The summed E-state index contributed by atoms with van der Waals surface area (Å²) in [5.74, 6) is 0.876. The third-order valence-electron chi connectivity index (χ3n) is 1.48. The van der Waals surface area contributed by atoms with E-state index in [0.29, 0.717) is 0 Å². The van der Waals surface area contributed by atoms with Crippen molar-refractivity contribution in [3.8, 4) is 0 Å². The molecule has 1 aromatic heterocycles. The SMILES string of the molecule is C1=NCCN1c1ccco1. The molecular weight excluding hydrogens is 128 g/mol. The summed E-state index contributed by atoms with van der Waals surface area (Å²) in [5.41, 5.74) is 0. The topological polar surface area (TPSA) is 28.7 Å². The van der Waals surface area contributed by atoms with Gasteiger partial charge in [0, 0.05) is 12.6 Å². The Morgan fingerprint density at radius 1 is 1.60 bits per heavy atom. The number of hydrogen-bond acceptors (Lipinski definition) is 3. The van der Waals surface area contributed by atoms with Crippen molar-refractivity contribution in [1.29, 1.82) is 0 Å². The molecule has 3 heteroatoms. The molecule has 1 aromatic rings. The molecule has 0 bridgehead atoms. The summed E-state index contributed by atoms with van der Waals surface area (Å²) < 4.78 is 5.15. The van der Waals surface area contributed by atoms with Gasteiger partial charge >= 0.3 is 0 Å². The van der Waals surface area contributed by atoms with Gasteiger partial charge in [0.05, 0.1) is 19.1 Å². The molecule has 1 aliphatic rings. The molecule has 3 nitrogen and oxygen atoms in total. The van der Waals surface area contributed by atoms with Crippen molar-refractivity contribution < 1.29 is 4.42 Å². The van der Waals surface area contributed by atoms with Crippen LogP contribution in [-0.4, -0.2) is 19.4 Å². The van der Waals surface area contributed by atoms with E-state index in [1.165, 1.54) is 0 Å². The second-order valence-corrected chi connectivity index (χ2v) is 2.17. The predicted molar refractivity (Wildman–Crippen MR) is 39.4 cm³/mol. The first-order valence-electron chi connectivity index (χ1n) is 3.27. The number of furan rings is 1. The highest BCUT2D eigenvalue weighted by atomic mass is 16.3. The Kier molecular flexibility index (Phi) is 1.20. The Morgan fingerprint density at radius 2 is 2.60 bits per heavy atom. The highest BCUT2D eigenvalue weighted by molar-refractivity contribution is 5.78. The molecule has 0 amide bonds. The van der Waals surface area contributed by atoms with Gasteiger partial charge < -0.3 is 9.32 Å². The minimum Gasteiger partial charge on any atom is -0.448 e. The molecule has 2 heterocycles. The van der Waals surface area contributed by atoms with E-state index < -0.39 is 0 Å². The van der Waals surface area contributed by atoms with Gasteiger partial charge in [-0.25, -0.2) is 0 Å². The van der Waals surface area contributed by atoms with E-state index in [-0.39, 0.29) is 0 Å². The lowest BCUT2D eigenvalue weighted by molar-refractivity contribution is 0.569. The molecule has 0 aromatic carbocycles. The van der Waals surface area contributed by atoms with Crippen LogP contribution in [0.4, 0.5) is 5.88 Å². The van der Waals surface area contributed by atoms with Crippen molar-refractivity contribution in [2.75, 3.05) is 18.0 Å². The maximum absolute atomic E-state index is 5.15. The molecule has 0 fully saturated rings. The summed E-state index contributed by atoms with van der Waals surface area (Å²) in [6, 6.07) is 3.80. The van der Waals surface area contributed by atoms with Crippen molar-refractivity contribution in [1.82, 2.24) is 0 Å². The van der Waals surface area contributed by atoms with Crippen LogP contribution in [0.2, 0.25) is 0 Å². The number of aliphatic imine (C=N–C) groups is 1. The molecule has 0 aliphatic carbocycles. The summed E-state index contributed by atoms with van der Waals surface area (Å²) in [5, 5.41) is 0. The summed E-state index contributed by atoms with van der Waals surface area (Å²) in [4.78, 5) is 6.05. The first-order chi connectivity index (χ1) is 4.97. The van der Waals surface area contributed by atoms with Crippen LogP contribution in [0, 0.1) is 0 Å². The second-order valence-electron chi connectivity index (χ2n) is 2.17. The zero-order chi connectivity index (χ0) is 6.81. The molecule has 0 saturated heterocycles. The van der Waals surface area contributed by atoms with Crippen molar-refractivity contribution in [3.63, 3.8) is 0 Å². The van der Waals surface area contributed by atoms with E-state index in [1.807, 2.05) is 17.0 Å². The van der Waals surface area contributed by atoms with Gasteiger partial charge in [-0.05, 0) is 6.07 Å². The smallest absolute Gasteiger partial charge is 0.200 e. The van der Waals surface area contributed by atoms with Gasteiger partial charge in [0.15, 0.2) is 5.88 Å². The fraction of sp³-hybridized carbons (Fsp3) is 0.286. The van der Waals surface area contributed by atoms with Crippen LogP contribution in [0.5, 0.6) is 0 Å². The largest absolute Gasteiger partial charge is 0.448 e. The number of rotatable bonds is 1. The number of anilines is 1. The zero-order valence-electron chi connectivity index (χ0n) is 5.53. The maximum Gasteiger partial charge on any atom is 0.200 e. The molecule has 52 valence electrons. The third kappa shape index (κ3) is 0.795. The Balaban J connectivity index is 2.20.